The summed E-state index contributed by atoms with van der Waals surface area (Å²) < 4.78 is 39.2. The molecule has 1 amide bonds. The number of alkyl halides is 3. The normalized spacial score (nSPS) is 11.8. The van der Waals surface area contributed by atoms with Crippen LogP contribution in [0.4, 0.5) is 13.2 Å². The Labute approximate surface area is 124 Å². The molecular formula is C13H16F3N5O. The van der Waals surface area contributed by atoms with Crippen molar-refractivity contribution in [3.63, 3.8) is 0 Å². The molecule has 120 valence electrons. The number of nitrogens with zero attached hydrogens (tertiary/aromatic N) is 4. The number of rotatable bonds is 3. The van der Waals surface area contributed by atoms with Crippen molar-refractivity contribution >= 4 is 5.91 Å². The third-order valence-corrected chi connectivity index (χ3v) is 3.50. The van der Waals surface area contributed by atoms with Crippen LogP contribution in [0.5, 0.6) is 0 Å². The van der Waals surface area contributed by atoms with Crippen molar-refractivity contribution in [2.45, 2.75) is 26.6 Å². The van der Waals surface area contributed by atoms with Gasteiger partial charge in [-0.15, -0.1) is 0 Å². The SMILES string of the molecule is Cc1nn(C)c(C)c1CN(C)C(=O)c1cc(C(F)(F)F)[nH]n1. The number of aryl methyl sites for hydroxylation is 2. The van der Waals surface area contributed by atoms with E-state index in [2.05, 4.69) is 10.2 Å². The molecular weight excluding hydrogens is 299 g/mol. The van der Waals surface area contributed by atoms with E-state index in [9.17, 15) is 18.0 Å². The molecule has 0 saturated carbocycles. The molecule has 2 aromatic rings. The van der Waals surface area contributed by atoms with Gasteiger partial charge in [0, 0.05) is 38.0 Å². The summed E-state index contributed by atoms with van der Waals surface area (Å²) in [5.41, 5.74) is 1.23. The minimum Gasteiger partial charge on any atom is -0.336 e. The standard InChI is InChI=1S/C13H16F3N5O/c1-7-9(8(2)21(4)19-7)6-20(3)12(22)10-5-11(18-17-10)13(14,15)16/h5H,6H2,1-4H3,(H,17,18). The maximum absolute atomic E-state index is 12.5. The van der Waals surface area contributed by atoms with E-state index in [0.717, 1.165) is 17.0 Å². The van der Waals surface area contributed by atoms with E-state index in [4.69, 9.17) is 0 Å². The van der Waals surface area contributed by atoms with Gasteiger partial charge in [0.15, 0.2) is 5.69 Å². The molecule has 0 spiro atoms. The molecule has 0 radical (unpaired) electrons. The van der Waals surface area contributed by atoms with Crippen LogP contribution in [0.25, 0.3) is 0 Å². The van der Waals surface area contributed by atoms with Crippen LogP contribution in [0.3, 0.4) is 0 Å². The van der Waals surface area contributed by atoms with Crippen LogP contribution < -0.4 is 0 Å². The third kappa shape index (κ3) is 2.97. The van der Waals surface area contributed by atoms with Crippen molar-refractivity contribution in [1.82, 2.24) is 24.9 Å². The molecule has 0 unspecified atom stereocenters. The van der Waals surface area contributed by atoms with Gasteiger partial charge in [-0.05, 0) is 13.8 Å². The number of amides is 1. The predicted molar refractivity (Wildman–Crippen MR) is 72.1 cm³/mol. The van der Waals surface area contributed by atoms with Crippen LogP contribution in [0, 0.1) is 13.8 Å². The number of nitrogens with one attached hydrogen (secondary N) is 1. The van der Waals surface area contributed by atoms with Gasteiger partial charge in [-0.2, -0.15) is 23.4 Å². The average Bonchev–Trinajstić information content (AvgIpc) is 2.99. The lowest BCUT2D eigenvalue weighted by Crippen LogP contribution is -2.27. The molecule has 0 aliphatic heterocycles. The van der Waals surface area contributed by atoms with Crippen molar-refractivity contribution < 1.29 is 18.0 Å². The first-order valence-electron chi connectivity index (χ1n) is 6.48. The predicted octanol–water partition coefficient (Wildman–Crippen LogP) is 2.05. The van der Waals surface area contributed by atoms with Crippen molar-refractivity contribution in [2.75, 3.05) is 7.05 Å². The maximum Gasteiger partial charge on any atom is 0.432 e. The van der Waals surface area contributed by atoms with Gasteiger partial charge < -0.3 is 4.90 Å². The molecule has 6 nitrogen and oxygen atoms in total. The lowest BCUT2D eigenvalue weighted by atomic mass is 10.2. The van der Waals surface area contributed by atoms with E-state index in [1.54, 1.807) is 11.7 Å². The van der Waals surface area contributed by atoms with E-state index >= 15 is 0 Å². The van der Waals surface area contributed by atoms with Gasteiger partial charge in [-0.1, -0.05) is 0 Å². The molecule has 0 bridgehead atoms. The summed E-state index contributed by atoms with van der Waals surface area (Å²) in [4.78, 5) is 13.5. The van der Waals surface area contributed by atoms with Gasteiger partial charge >= 0.3 is 6.18 Å². The Morgan fingerprint density at radius 2 is 2.05 bits per heavy atom. The number of H-pyrrole nitrogens is 1. The Balaban J connectivity index is 2.17. The van der Waals surface area contributed by atoms with Gasteiger partial charge in [-0.3, -0.25) is 14.6 Å². The fourth-order valence-electron chi connectivity index (χ4n) is 2.13. The van der Waals surface area contributed by atoms with Crippen LogP contribution in [0.1, 0.15) is 33.1 Å². The van der Waals surface area contributed by atoms with Crippen LogP contribution in [0.2, 0.25) is 0 Å². The smallest absolute Gasteiger partial charge is 0.336 e. The fourth-order valence-corrected chi connectivity index (χ4v) is 2.13. The Bertz CT molecular complexity index is 701. The first kappa shape index (κ1) is 16.1. The van der Waals surface area contributed by atoms with Gasteiger partial charge in [0.05, 0.1) is 5.69 Å². The Morgan fingerprint density at radius 3 is 2.50 bits per heavy atom. The highest BCUT2D eigenvalue weighted by Crippen LogP contribution is 2.28. The summed E-state index contributed by atoms with van der Waals surface area (Å²) in [6, 6.07) is 0.710. The number of aromatic nitrogens is 4. The van der Waals surface area contributed by atoms with Gasteiger partial charge in [0.1, 0.15) is 5.69 Å². The van der Waals surface area contributed by atoms with Gasteiger partial charge in [-0.25, -0.2) is 0 Å². The molecule has 2 rings (SSSR count). The highest BCUT2D eigenvalue weighted by molar-refractivity contribution is 5.92. The van der Waals surface area contributed by atoms with Crippen LogP contribution in [-0.2, 0) is 19.8 Å². The number of carbonyl (C=O) groups is 1. The zero-order valence-electron chi connectivity index (χ0n) is 12.6. The molecule has 22 heavy (non-hydrogen) atoms. The quantitative estimate of drug-likeness (QED) is 0.942. The average molecular weight is 315 g/mol. The Kier molecular flexibility index (Phi) is 3.99. The van der Waals surface area contributed by atoms with E-state index < -0.39 is 17.8 Å². The van der Waals surface area contributed by atoms with Crippen LogP contribution in [-0.4, -0.2) is 37.8 Å². The zero-order valence-corrected chi connectivity index (χ0v) is 12.6. The summed E-state index contributed by atoms with van der Waals surface area (Å²) in [6.45, 7) is 3.93. The maximum atomic E-state index is 12.5. The number of halogens is 3. The number of hydrogen-bond acceptors (Lipinski definition) is 3. The summed E-state index contributed by atoms with van der Waals surface area (Å²) in [5.74, 6) is -0.589. The third-order valence-electron chi connectivity index (χ3n) is 3.50. The number of carbonyl (C=O) groups excluding carboxylic acids is 1. The minimum absolute atomic E-state index is 0.249. The molecule has 0 aromatic carbocycles. The van der Waals surface area contributed by atoms with Gasteiger partial charge in [0.25, 0.3) is 5.91 Å². The van der Waals surface area contributed by atoms with Crippen molar-refractivity contribution in [1.29, 1.82) is 0 Å². The highest BCUT2D eigenvalue weighted by atomic mass is 19.4. The summed E-state index contributed by atoms with van der Waals surface area (Å²) in [6.07, 6.45) is -4.55. The molecule has 1 N–H and O–H groups in total. The second-order valence-electron chi connectivity index (χ2n) is 5.10. The topological polar surface area (TPSA) is 66.8 Å². The first-order valence-corrected chi connectivity index (χ1v) is 6.48. The van der Waals surface area contributed by atoms with Crippen LogP contribution in [0.15, 0.2) is 6.07 Å². The molecule has 2 heterocycles. The molecule has 0 aliphatic carbocycles. The zero-order chi connectivity index (χ0) is 16.7. The van der Waals surface area contributed by atoms with E-state index in [1.165, 1.54) is 11.9 Å². The van der Waals surface area contributed by atoms with E-state index in [-0.39, 0.29) is 12.2 Å². The van der Waals surface area contributed by atoms with E-state index in [0.29, 0.717) is 6.07 Å². The molecule has 0 saturated heterocycles. The van der Waals surface area contributed by atoms with Crippen LogP contribution >= 0.6 is 0 Å². The minimum atomic E-state index is -4.55. The highest BCUT2D eigenvalue weighted by Gasteiger charge is 2.34. The molecule has 9 heteroatoms. The molecule has 0 fully saturated rings. The van der Waals surface area contributed by atoms with Gasteiger partial charge in [0.2, 0.25) is 0 Å². The van der Waals surface area contributed by atoms with Crippen molar-refractivity contribution in [3.05, 3.63) is 34.4 Å². The van der Waals surface area contributed by atoms with Crippen molar-refractivity contribution in [3.8, 4) is 0 Å². The molecule has 0 aliphatic rings. The van der Waals surface area contributed by atoms with E-state index in [1.807, 2.05) is 18.9 Å². The molecule has 0 atom stereocenters. The number of aromatic amines is 1. The lowest BCUT2D eigenvalue weighted by Gasteiger charge is -2.16. The lowest BCUT2D eigenvalue weighted by molar-refractivity contribution is -0.141. The van der Waals surface area contributed by atoms with Crippen molar-refractivity contribution in [2.24, 2.45) is 7.05 Å². The second-order valence-corrected chi connectivity index (χ2v) is 5.10. The second kappa shape index (κ2) is 5.47. The first-order chi connectivity index (χ1) is 10.1. The largest absolute Gasteiger partial charge is 0.432 e. The number of hydrogen-bond donors (Lipinski definition) is 1. The fraction of sp³-hybridized carbons (Fsp3) is 0.462. The Morgan fingerprint density at radius 1 is 1.41 bits per heavy atom. The monoisotopic (exact) mass is 315 g/mol. The summed E-state index contributed by atoms with van der Waals surface area (Å²) >= 11 is 0. The summed E-state index contributed by atoms with van der Waals surface area (Å²) in [7, 11) is 3.30. The summed E-state index contributed by atoms with van der Waals surface area (Å²) in [5, 5.41) is 9.51. The Hall–Kier alpha value is -2.32. The molecule has 2 aromatic heterocycles.